The third-order valence-electron chi connectivity index (χ3n) is 4.59. The number of hydrogen-bond acceptors (Lipinski definition) is 2. The summed E-state index contributed by atoms with van der Waals surface area (Å²) in [6.45, 7) is 2.90. The first-order valence-electron chi connectivity index (χ1n) is 7.39. The average molecular weight is 258 g/mol. The summed E-state index contributed by atoms with van der Waals surface area (Å²) in [5, 5.41) is 0. The second-order valence-corrected chi connectivity index (χ2v) is 5.87. The molecular formula is C16H22N2O. The lowest BCUT2D eigenvalue weighted by Gasteiger charge is -2.23. The lowest BCUT2D eigenvalue weighted by Crippen LogP contribution is -2.34. The first-order chi connectivity index (χ1) is 9.22. The Kier molecular flexibility index (Phi) is 3.21. The van der Waals surface area contributed by atoms with Gasteiger partial charge in [0.2, 0.25) is 5.91 Å². The van der Waals surface area contributed by atoms with E-state index < -0.39 is 0 Å². The molecule has 1 amide bonds. The number of nitrogens with two attached hydrogens (primary N) is 1. The molecule has 102 valence electrons. The molecule has 19 heavy (non-hydrogen) atoms. The van der Waals surface area contributed by atoms with E-state index in [1.165, 1.54) is 19.3 Å². The van der Waals surface area contributed by atoms with Gasteiger partial charge in [-0.2, -0.15) is 0 Å². The summed E-state index contributed by atoms with van der Waals surface area (Å²) in [6.07, 6.45) is 4.78. The third-order valence-corrected chi connectivity index (χ3v) is 4.59. The molecule has 2 atom stereocenters. The Morgan fingerprint density at radius 1 is 1.37 bits per heavy atom. The molecule has 2 N–H and O–H groups in total. The normalized spacial score (nSPS) is 27.9. The second-order valence-electron chi connectivity index (χ2n) is 5.87. The Bertz CT molecular complexity index is 475. The van der Waals surface area contributed by atoms with Gasteiger partial charge < -0.3 is 10.6 Å². The molecule has 0 spiro atoms. The zero-order valence-electron chi connectivity index (χ0n) is 11.5. The number of amides is 1. The molecule has 0 saturated heterocycles. The zero-order valence-corrected chi connectivity index (χ0v) is 11.5. The molecule has 0 aliphatic heterocycles. The molecule has 3 heteroatoms. The molecule has 2 fully saturated rings. The number of carbonyl (C=O) groups is 1. The van der Waals surface area contributed by atoms with Crippen molar-refractivity contribution in [3.8, 4) is 0 Å². The van der Waals surface area contributed by atoms with E-state index in [9.17, 15) is 4.79 Å². The lowest BCUT2D eigenvalue weighted by atomic mass is 10.1. The lowest BCUT2D eigenvalue weighted by molar-refractivity contribution is -0.120. The van der Waals surface area contributed by atoms with Gasteiger partial charge in [0.1, 0.15) is 0 Å². The Hall–Kier alpha value is -1.51. The molecule has 1 aromatic carbocycles. The molecule has 2 aliphatic rings. The van der Waals surface area contributed by atoms with E-state index in [1.807, 2.05) is 29.2 Å². The van der Waals surface area contributed by atoms with Gasteiger partial charge in [-0.05, 0) is 49.3 Å². The fourth-order valence-corrected chi connectivity index (χ4v) is 3.65. The van der Waals surface area contributed by atoms with Crippen LogP contribution in [0.1, 0.15) is 32.6 Å². The number of fused-ring (bicyclic) bond motifs is 1. The van der Waals surface area contributed by atoms with Gasteiger partial charge in [-0.25, -0.2) is 0 Å². The van der Waals surface area contributed by atoms with Crippen LogP contribution < -0.4 is 10.6 Å². The molecular weight excluding hydrogens is 236 g/mol. The molecule has 2 aliphatic carbocycles. The molecule has 1 aromatic rings. The Morgan fingerprint density at radius 3 is 2.74 bits per heavy atom. The molecule has 0 aromatic heterocycles. The van der Waals surface area contributed by atoms with Crippen LogP contribution in [-0.2, 0) is 4.79 Å². The number of rotatable bonds is 4. The smallest absolute Gasteiger partial charge is 0.230 e. The van der Waals surface area contributed by atoms with Gasteiger partial charge in [-0.15, -0.1) is 0 Å². The van der Waals surface area contributed by atoms with Gasteiger partial charge in [0.05, 0.1) is 0 Å². The summed E-state index contributed by atoms with van der Waals surface area (Å²) in [5.41, 5.74) is 7.52. The monoisotopic (exact) mass is 258 g/mol. The van der Waals surface area contributed by atoms with Crippen molar-refractivity contribution in [2.24, 2.45) is 17.8 Å². The van der Waals surface area contributed by atoms with Crippen LogP contribution in [0.25, 0.3) is 0 Å². The van der Waals surface area contributed by atoms with Crippen LogP contribution in [0.2, 0.25) is 0 Å². The Labute approximate surface area is 114 Å². The molecule has 0 radical (unpaired) electrons. The summed E-state index contributed by atoms with van der Waals surface area (Å²) in [5.74, 6) is 1.96. The van der Waals surface area contributed by atoms with Gasteiger partial charge in [-0.3, -0.25) is 4.79 Å². The van der Waals surface area contributed by atoms with Crippen molar-refractivity contribution in [1.82, 2.24) is 0 Å². The van der Waals surface area contributed by atoms with Crippen LogP contribution in [0.15, 0.2) is 24.3 Å². The molecule has 2 saturated carbocycles. The fourth-order valence-electron chi connectivity index (χ4n) is 3.65. The van der Waals surface area contributed by atoms with Crippen molar-refractivity contribution < 1.29 is 4.79 Å². The quantitative estimate of drug-likeness (QED) is 0.844. The van der Waals surface area contributed by atoms with Crippen LogP contribution in [0.3, 0.4) is 0 Å². The van der Waals surface area contributed by atoms with Crippen molar-refractivity contribution in [1.29, 1.82) is 0 Å². The first kappa shape index (κ1) is 12.5. The van der Waals surface area contributed by atoms with Gasteiger partial charge >= 0.3 is 0 Å². The Balaban J connectivity index is 1.79. The van der Waals surface area contributed by atoms with Gasteiger partial charge in [0.15, 0.2) is 0 Å². The summed E-state index contributed by atoms with van der Waals surface area (Å²) >= 11 is 0. The van der Waals surface area contributed by atoms with E-state index in [0.717, 1.165) is 24.3 Å². The number of carbonyl (C=O) groups excluding carboxylic acids is 1. The van der Waals surface area contributed by atoms with Crippen LogP contribution >= 0.6 is 0 Å². The molecule has 3 rings (SSSR count). The van der Waals surface area contributed by atoms with Crippen molar-refractivity contribution in [3.05, 3.63) is 24.3 Å². The van der Waals surface area contributed by atoms with E-state index in [4.69, 9.17) is 5.73 Å². The van der Waals surface area contributed by atoms with E-state index in [-0.39, 0.29) is 0 Å². The standard InChI is InChI=1S/C16H22N2O/c1-2-9-18(12-6-3-5-11(17)10-12)16(19)15-13-7-4-8-14(13)15/h3,5-6,10,13-15H,2,4,7-9,17H2,1H3. The second kappa shape index (κ2) is 4.87. The molecule has 3 nitrogen and oxygen atoms in total. The van der Waals surface area contributed by atoms with Crippen LogP contribution in [0, 0.1) is 17.8 Å². The van der Waals surface area contributed by atoms with Gasteiger partial charge in [0.25, 0.3) is 0 Å². The number of benzene rings is 1. The zero-order chi connectivity index (χ0) is 13.4. The van der Waals surface area contributed by atoms with E-state index >= 15 is 0 Å². The highest BCUT2D eigenvalue weighted by molar-refractivity contribution is 5.97. The maximum absolute atomic E-state index is 12.7. The van der Waals surface area contributed by atoms with Crippen LogP contribution in [-0.4, -0.2) is 12.5 Å². The minimum absolute atomic E-state index is 0.293. The van der Waals surface area contributed by atoms with Gasteiger partial charge in [-0.1, -0.05) is 19.4 Å². The number of nitrogen functional groups attached to an aromatic ring is 1. The van der Waals surface area contributed by atoms with Crippen molar-refractivity contribution >= 4 is 17.3 Å². The van der Waals surface area contributed by atoms with Crippen molar-refractivity contribution in [2.75, 3.05) is 17.2 Å². The van der Waals surface area contributed by atoms with Crippen LogP contribution in [0.4, 0.5) is 11.4 Å². The third kappa shape index (κ3) is 2.22. The summed E-state index contributed by atoms with van der Waals surface area (Å²) in [6, 6.07) is 7.69. The highest BCUT2D eigenvalue weighted by atomic mass is 16.2. The SMILES string of the molecule is CCCN(C(=O)C1C2CCCC21)c1cccc(N)c1. The number of anilines is 2. The van der Waals surface area contributed by atoms with E-state index in [1.54, 1.807) is 0 Å². The number of hydrogen-bond donors (Lipinski definition) is 1. The predicted molar refractivity (Wildman–Crippen MR) is 77.8 cm³/mol. The molecule has 0 bridgehead atoms. The highest BCUT2D eigenvalue weighted by Gasteiger charge is 2.57. The molecule has 2 unspecified atom stereocenters. The highest BCUT2D eigenvalue weighted by Crippen LogP contribution is 2.58. The van der Waals surface area contributed by atoms with Gasteiger partial charge in [0, 0.05) is 23.8 Å². The van der Waals surface area contributed by atoms with Crippen LogP contribution in [0.5, 0.6) is 0 Å². The maximum atomic E-state index is 12.7. The van der Waals surface area contributed by atoms with Crippen molar-refractivity contribution in [3.63, 3.8) is 0 Å². The van der Waals surface area contributed by atoms with Crippen molar-refractivity contribution in [2.45, 2.75) is 32.6 Å². The number of nitrogens with zero attached hydrogens (tertiary/aromatic N) is 1. The molecule has 0 heterocycles. The first-order valence-corrected chi connectivity index (χ1v) is 7.39. The predicted octanol–water partition coefficient (Wildman–Crippen LogP) is 3.06. The fraction of sp³-hybridized carbons (Fsp3) is 0.562. The average Bonchev–Trinajstić information content (AvgIpc) is 2.88. The topological polar surface area (TPSA) is 46.3 Å². The summed E-state index contributed by atoms with van der Waals surface area (Å²) < 4.78 is 0. The van der Waals surface area contributed by atoms with E-state index in [2.05, 4.69) is 6.92 Å². The minimum atomic E-state index is 0.293. The largest absolute Gasteiger partial charge is 0.399 e. The minimum Gasteiger partial charge on any atom is -0.399 e. The summed E-state index contributed by atoms with van der Waals surface area (Å²) in [7, 11) is 0. The maximum Gasteiger partial charge on any atom is 0.230 e. The van der Waals surface area contributed by atoms with E-state index in [0.29, 0.717) is 23.7 Å². The Morgan fingerprint density at radius 2 is 2.11 bits per heavy atom. The summed E-state index contributed by atoms with van der Waals surface area (Å²) in [4.78, 5) is 14.6.